The Morgan fingerprint density at radius 2 is 2.00 bits per heavy atom. The van der Waals surface area contributed by atoms with Crippen LogP contribution in [-0.4, -0.2) is 63.3 Å². The van der Waals surface area contributed by atoms with E-state index in [0.29, 0.717) is 13.2 Å². The molecule has 1 heterocycles. The van der Waals surface area contributed by atoms with Gasteiger partial charge in [-0.2, -0.15) is 0 Å². The molecule has 0 aromatic rings. The topological polar surface area (TPSA) is 109 Å². The normalized spacial score (nSPS) is 33.2. The first kappa shape index (κ1) is 13.8. The van der Waals surface area contributed by atoms with E-state index in [4.69, 9.17) is 35.5 Å². The maximum absolute atomic E-state index is 9.09. The van der Waals surface area contributed by atoms with Gasteiger partial charge in [0.2, 0.25) is 0 Å². The number of rotatable bonds is 6. The molecule has 7 nitrogen and oxygen atoms in total. The molecule has 3 unspecified atom stereocenters. The number of aliphatic hydroxyl groups is 1. The molecule has 1 fully saturated rings. The Balaban J connectivity index is 2.61. The minimum absolute atomic E-state index is 0.223. The first-order valence-corrected chi connectivity index (χ1v) is 5.06. The van der Waals surface area contributed by atoms with E-state index in [2.05, 4.69) is 0 Å². The molecule has 3 atom stereocenters. The standard InChI is InChI=1S/C9H20N2O5/c1-13-3-4-15-8-7(14-2)6(5-12)16-9(8,10)11/h6-8,12H,3-5,10-11H2,1-2H3. The van der Waals surface area contributed by atoms with Crippen LogP contribution in [0.5, 0.6) is 0 Å². The number of hydrogen-bond acceptors (Lipinski definition) is 7. The quantitative estimate of drug-likeness (QED) is 0.361. The summed E-state index contributed by atoms with van der Waals surface area (Å²) in [7, 11) is 3.06. The van der Waals surface area contributed by atoms with E-state index in [0.717, 1.165) is 0 Å². The Hall–Kier alpha value is -0.280. The van der Waals surface area contributed by atoms with Crippen LogP contribution in [0.3, 0.4) is 0 Å². The second kappa shape index (κ2) is 5.87. The molecule has 0 bridgehead atoms. The maximum atomic E-state index is 9.09. The van der Waals surface area contributed by atoms with Crippen LogP contribution in [0, 0.1) is 0 Å². The third kappa shape index (κ3) is 2.89. The Kier molecular flexibility index (Phi) is 5.06. The summed E-state index contributed by atoms with van der Waals surface area (Å²) in [6.45, 7) is 0.532. The molecule has 0 aromatic heterocycles. The molecular formula is C9H20N2O5. The van der Waals surface area contributed by atoms with Gasteiger partial charge in [-0.25, -0.2) is 0 Å². The first-order chi connectivity index (χ1) is 7.56. The summed E-state index contributed by atoms with van der Waals surface area (Å²) in [5, 5.41) is 9.09. The van der Waals surface area contributed by atoms with Crippen molar-refractivity contribution in [1.29, 1.82) is 0 Å². The van der Waals surface area contributed by atoms with E-state index in [1.165, 1.54) is 7.11 Å². The highest BCUT2D eigenvalue weighted by atomic mass is 16.6. The SMILES string of the molecule is COCCOC1C(OC)C(CO)OC1(N)N. The Morgan fingerprint density at radius 1 is 1.31 bits per heavy atom. The summed E-state index contributed by atoms with van der Waals surface area (Å²) < 4.78 is 20.8. The number of nitrogens with two attached hydrogens (primary N) is 2. The van der Waals surface area contributed by atoms with E-state index in [-0.39, 0.29) is 6.61 Å². The molecule has 7 heteroatoms. The highest BCUT2D eigenvalue weighted by Crippen LogP contribution is 2.27. The van der Waals surface area contributed by atoms with Crippen molar-refractivity contribution in [3.8, 4) is 0 Å². The number of hydrogen-bond donors (Lipinski definition) is 3. The van der Waals surface area contributed by atoms with Crippen molar-refractivity contribution in [3.63, 3.8) is 0 Å². The van der Waals surface area contributed by atoms with Crippen LogP contribution in [0.25, 0.3) is 0 Å². The van der Waals surface area contributed by atoms with Crippen molar-refractivity contribution in [2.45, 2.75) is 24.2 Å². The Morgan fingerprint density at radius 3 is 2.50 bits per heavy atom. The third-order valence-electron chi connectivity index (χ3n) is 2.50. The van der Waals surface area contributed by atoms with Crippen LogP contribution in [0.4, 0.5) is 0 Å². The van der Waals surface area contributed by atoms with E-state index in [1.54, 1.807) is 7.11 Å². The van der Waals surface area contributed by atoms with Crippen LogP contribution in [0.15, 0.2) is 0 Å². The van der Waals surface area contributed by atoms with E-state index in [9.17, 15) is 0 Å². The van der Waals surface area contributed by atoms with Gasteiger partial charge in [-0.15, -0.1) is 0 Å². The lowest BCUT2D eigenvalue weighted by molar-refractivity contribution is -0.110. The van der Waals surface area contributed by atoms with Crippen molar-refractivity contribution in [2.24, 2.45) is 11.5 Å². The van der Waals surface area contributed by atoms with Gasteiger partial charge in [-0.05, 0) is 0 Å². The molecule has 1 rings (SSSR count). The maximum Gasteiger partial charge on any atom is 0.199 e. The summed E-state index contributed by atoms with van der Waals surface area (Å²) in [5.74, 6) is -1.46. The third-order valence-corrected chi connectivity index (χ3v) is 2.50. The van der Waals surface area contributed by atoms with E-state index < -0.39 is 24.2 Å². The average molecular weight is 236 g/mol. The Labute approximate surface area is 94.6 Å². The van der Waals surface area contributed by atoms with Gasteiger partial charge in [-0.1, -0.05) is 0 Å². The van der Waals surface area contributed by atoms with Crippen molar-refractivity contribution in [2.75, 3.05) is 34.0 Å². The fraction of sp³-hybridized carbons (Fsp3) is 1.00. The summed E-state index contributed by atoms with van der Waals surface area (Å²) in [6.07, 6.45) is -1.70. The summed E-state index contributed by atoms with van der Waals surface area (Å²) in [6, 6.07) is 0. The van der Waals surface area contributed by atoms with Gasteiger partial charge in [-0.3, -0.25) is 11.5 Å². The van der Waals surface area contributed by atoms with Crippen molar-refractivity contribution >= 4 is 0 Å². The van der Waals surface area contributed by atoms with Crippen LogP contribution >= 0.6 is 0 Å². The summed E-state index contributed by atoms with van der Waals surface area (Å²) in [5.41, 5.74) is 11.5. The molecule has 1 aliphatic rings. The van der Waals surface area contributed by atoms with Crippen molar-refractivity contribution < 1.29 is 24.1 Å². The molecule has 0 radical (unpaired) electrons. The van der Waals surface area contributed by atoms with Gasteiger partial charge < -0.3 is 24.1 Å². The molecule has 96 valence electrons. The fourth-order valence-corrected chi connectivity index (χ4v) is 1.75. The highest BCUT2D eigenvalue weighted by Gasteiger charge is 2.52. The van der Waals surface area contributed by atoms with Crippen LogP contribution in [0.2, 0.25) is 0 Å². The number of methoxy groups -OCH3 is 2. The molecule has 16 heavy (non-hydrogen) atoms. The predicted octanol–water partition coefficient (Wildman–Crippen LogP) is -2.00. The number of ether oxygens (including phenoxy) is 4. The minimum Gasteiger partial charge on any atom is -0.394 e. The molecular weight excluding hydrogens is 216 g/mol. The van der Waals surface area contributed by atoms with Gasteiger partial charge in [0.1, 0.15) is 18.3 Å². The fourth-order valence-electron chi connectivity index (χ4n) is 1.75. The smallest absolute Gasteiger partial charge is 0.199 e. The largest absolute Gasteiger partial charge is 0.394 e. The summed E-state index contributed by atoms with van der Waals surface area (Å²) in [4.78, 5) is 0. The zero-order valence-electron chi connectivity index (χ0n) is 9.59. The zero-order valence-corrected chi connectivity index (χ0v) is 9.59. The lowest BCUT2D eigenvalue weighted by Gasteiger charge is -2.27. The van der Waals surface area contributed by atoms with Crippen LogP contribution < -0.4 is 11.5 Å². The predicted molar refractivity (Wildman–Crippen MR) is 55.5 cm³/mol. The van der Waals surface area contributed by atoms with Crippen molar-refractivity contribution in [1.82, 2.24) is 0 Å². The molecule has 0 aromatic carbocycles. The van der Waals surface area contributed by atoms with Crippen LogP contribution in [-0.2, 0) is 18.9 Å². The lowest BCUT2D eigenvalue weighted by atomic mass is 10.1. The molecule has 5 N–H and O–H groups in total. The van der Waals surface area contributed by atoms with Gasteiger partial charge in [0.05, 0.1) is 19.8 Å². The molecule has 0 spiro atoms. The average Bonchev–Trinajstić information content (AvgIpc) is 2.50. The Bertz CT molecular complexity index is 214. The second-order valence-corrected chi connectivity index (χ2v) is 3.68. The van der Waals surface area contributed by atoms with E-state index >= 15 is 0 Å². The zero-order chi connectivity index (χ0) is 12.2. The lowest BCUT2D eigenvalue weighted by Crippen LogP contribution is -2.60. The molecule has 0 amide bonds. The van der Waals surface area contributed by atoms with E-state index in [1.807, 2.05) is 0 Å². The van der Waals surface area contributed by atoms with Gasteiger partial charge in [0.15, 0.2) is 5.85 Å². The summed E-state index contributed by atoms with van der Waals surface area (Å²) >= 11 is 0. The van der Waals surface area contributed by atoms with Crippen molar-refractivity contribution in [3.05, 3.63) is 0 Å². The van der Waals surface area contributed by atoms with Gasteiger partial charge in [0.25, 0.3) is 0 Å². The molecule has 1 saturated heterocycles. The first-order valence-electron chi connectivity index (χ1n) is 5.06. The highest BCUT2D eigenvalue weighted by molar-refractivity contribution is 4.97. The second-order valence-electron chi connectivity index (χ2n) is 3.68. The molecule has 1 aliphatic heterocycles. The number of aliphatic hydroxyl groups excluding tert-OH is 1. The molecule has 0 aliphatic carbocycles. The molecule has 0 saturated carbocycles. The van der Waals surface area contributed by atoms with Crippen LogP contribution in [0.1, 0.15) is 0 Å². The minimum atomic E-state index is -1.46. The van der Waals surface area contributed by atoms with Gasteiger partial charge >= 0.3 is 0 Å². The monoisotopic (exact) mass is 236 g/mol. The van der Waals surface area contributed by atoms with Gasteiger partial charge in [0, 0.05) is 14.2 Å².